The van der Waals surface area contributed by atoms with Crippen LogP contribution in [0.4, 0.5) is 0 Å². The highest BCUT2D eigenvalue weighted by Gasteiger charge is 2.63. The summed E-state index contributed by atoms with van der Waals surface area (Å²) in [6.45, 7) is 34.8. The molecular weight excluding hydrogens is 808 g/mol. The van der Waals surface area contributed by atoms with Gasteiger partial charge in [0.2, 0.25) is 0 Å². The van der Waals surface area contributed by atoms with Gasteiger partial charge in [0.05, 0.1) is 25.2 Å². The maximum atomic E-state index is 11.5. The summed E-state index contributed by atoms with van der Waals surface area (Å²) in [5.74, 6) is 0. The maximum absolute atomic E-state index is 11.5. The fraction of sp³-hybridized carbons (Fsp3) is 0.707. The Morgan fingerprint density at radius 2 is 0.596 bits per heavy atom. The number of hydrogen-bond donors (Lipinski definition) is 8. The van der Waals surface area contributed by atoms with E-state index in [9.17, 15) is 39.1 Å². The van der Waals surface area contributed by atoms with E-state index < -0.39 is 86.9 Å². The van der Waals surface area contributed by atoms with E-state index in [0.717, 1.165) is 33.4 Å². The van der Waals surface area contributed by atoms with Gasteiger partial charge in [0.15, 0.2) is 0 Å². The van der Waals surface area contributed by atoms with Crippen molar-refractivity contribution in [1.29, 1.82) is 0 Å². The van der Waals surface area contributed by atoms with Crippen LogP contribution in [-0.4, -0.2) is 59.0 Å². The SMILES string of the molecule is CC(C)(C)c1cc(C(C)(C)C)c(C(OP(O)O)(c2c(C(C)(C)C)cc(C(C)(C)C)cc2C(C)(C)C)C(COP(O)O)(COP(O)O)COP(O)O)c(C(C)(C)C)c1. The number of rotatable bonds is 14. The van der Waals surface area contributed by atoms with Gasteiger partial charge in [0, 0.05) is 0 Å². The minimum Gasteiger partial charge on any atom is -0.328 e. The molecule has 0 atom stereocenters. The molecule has 0 aliphatic heterocycles. The summed E-state index contributed by atoms with van der Waals surface area (Å²) < 4.78 is 24.1. The first kappa shape index (κ1) is 52.8. The summed E-state index contributed by atoms with van der Waals surface area (Å²) in [6, 6.07) is 8.30. The Morgan fingerprint density at radius 3 is 0.754 bits per heavy atom. The zero-order valence-corrected chi connectivity index (χ0v) is 41.0. The quantitative estimate of drug-likeness (QED) is 0.0838. The molecule has 0 aliphatic carbocycles. The largest absolute Gasteiger partial charge is 0.328 e. The minimum atomic E-state index is -3.36. The zero-order valence-electron chi connectivity index (χ0n) is 37.4. The van der Waals surface area contributed by atoms with Crippen LogP contribution in [0.3, 0.4) is 0 Å². The Morgan fingerprint density at radius 1 is 0.368 bits per heavy atom. The van der Waals surface area contributed by atoms with Gasteiger partial charge >= 0.3 is 34.4 Å². The highest BCUT2D eigenvalue weighted by Crippen LogP contribution is 2.63. The lowest BCUT2D eigenvalue weighted by Crippen LogP contribution is -2.58. The second kappa shape index (κ2) is 18.6. The molecule has 0 saturated heterocycles. The van der Waals surface area contributed by atoms with Crippen LogP contribution in [0.25, 0.3) is 0 Å². The van der Waals surface area contributed by atoms with Crippen LogP contribution in [-0.2, 0) is 56.2 Å². The summed E-state index contributed by atoms with van der Waals surface area (Å²) >= 11 is 0. The first-order valence-electron chi connectivity index (χ1n) is 19.0. The van der Waals surface area contributed by atoms with Crippen LogP contribution in [0.15, 0.2) is 24.3 Å². The third-order valence-corrected chi connectivity index (χ3v) is 11.8. The van der Waals surface area contributed by atoms with Crippen LogP contribution in [0.5, 0.6) is 0 Å². The van der Waals surface area contributed by atoms with Gasteiger partial charge in [-0.1, -0.05) is 149 Å². The van der Waals surface area contributed by atoms with E-state index in [1.54, 1.807) is 0 Å². The third-order valence-electron chi connectivity index (χ3n) is 10.3. The van der Waals surface area contributed by atoms with Gasteiger partial charge in [0.25, 0.3) is 0 Å². The lowest BCUT2D eigenvalue weighted by molar-refractivity contribution is -0.116. The summed E-state index contributed by atoms with van der Waals surface area (Å²) in [5.41, 5.74) is -2.08. The summed E-state index contributed by atoms with van der Waals surface area (Å²) in [5, 5.41) is 0. The van der Waals surface area contributed by atoms with E-state index in [1.807, 2.05) is 83.1 Å². The van der Waals surface area contributed by atoms with Crippen molar-refractivity contribution in [2.45, 2.75) is 163 Å². The molecule has 0 heterocycles. The molecule has 0 unspecified atom stereocenters. The summed E-state index contributed by atoms with van der Waals surface area (Å²) in [6.07, 6.45) is 0. The Balaban J connectivity index is 4.02. The molecule has 0 fully saturated rings. The van der Waals surface area contributed by atoms with E-state index in [-0.39, 0.29) is 10.8 Å². The zero-order chi connectivity index (χ0) is 44.7. The average Bonchev–Trinajstić information content (AvgIpc) is 2.99. The van der Waals surface area contributed by atoms with Crippen LogP contribution in [0, 0.1) is 5.41 Å². The normalized spacial score (nSPS) is 14.6. The molecule has 12 nitrogen and oxygen atoms in total. The molecule has 0 spiro atoms. The smallest absolute Gasteiger partial charge is 0.328 e. The molecule has 2 aromatic carbocycles. The van der Waals surface area contributed by atoms with Crippen molar-refractivity contribution in [3.05, 3.63) is 68.8 Å². The molecule has 328 valence electrons. The molecule has 57 heavy (non-hydrogen) atoms. The first-order valence-corrected chi connectivity index (χ1v) is 23.7. The first-order chi connectivity index (χ1) is 25.3. The van der Waals surface area contributed by atoms with Crippen LogP contribution >= 0.6 is 34.4 Å². The van der Waals surface area contributed by atoms with E-state index in [2.05, 4.69) is 65.8 Å². The van der Waals surface area contributed by atoms with Gasteiger partial charge in [0.1, 0.15) is 5.60 Å². The van der Waals surface area contributed by atoms with Crippen molar-refractivity contribution in [2.75, 3.05) is 19.8 Å². The summed E-state index contributed by atoms with van der Waals surface area (Å²) in [4.78, 5) is 85.7. The molecular formula is C41H72O12P4. The van der Waals surface area contributed by atoms with Crippen LogP contribution < -0.4 is 0 Å². The van der Waals surface area contributed by atoms with Crippen molar-refractivity contribution in [3.8, 4) is 0 Å². The minimum absolute atomic E-state index is 0.368. The predicted octanol–water partition coefficient (Wildman–Crippen LogP) is 9.61. The Kier molecular flexibility index (Phi) is 17.2. The Bertz CT molecular complexity index is 1460. The molecule has 0 saturated carbocycles. The average molecular weight is 881 g/mol. The standard InChI is InChI=1S/C41H72O12P4/c1-34(2,3)26-19-28(36(7,8)9)32(29(20-26)37(10,11)12)41(53-57(48)49,40(23-50-54(42)43,24-51-55(44)45)25-52-56(46)47)33-30(38(13,14)15)21-27(35(4,5)6)22-31(33)39(16,17)18/h19-22,42-49H,23-25H2,1-18H3. The van der Waals surface area contributed by atoms with Crippen molar-refractivity contribution in [3.63, 3.8) is 0 Å². The van der Waals surface area contributed by atoms with Crippen molar-refractivity contribution < 1.29 is 57.2 Å². The highest BCUT2D eigenvalue weighted by molar-refractivity contribution is 7.40. The maximum Gasteiger partial charge on any atom is 0.328 e. The Labute approximate surface area is 347 Å². The molecule has 2 aromatic rings. The molecule has 0 radical (unpaired) electrons. The highest BCUT2D eigenvalue weighted by atomic mass is 31.2. The van der Waals surface area contributed by atoms with Crippen LogP contribution in [0.2, 0.25) is 0 Å². The van der Waals surface area contributed by atoms with Gasteiger partial charge in [-0.15, -0.1) is 0 Å². The van der Waals surface area contributed by atoms with E-state index in [0.29, 0.717) is 11.1 Å². The lowest BCUT2D eigenvalue weighted by atomic mass is 9.55. The van der Waals surface area contributed by atoms with E-state index >= 15 is 0 Å². The Hall–Kier alpha value is -0.320. The molecule has 8 N–H and O–H groups in total. The lowest BCUT2D eigenvalue weighted by Gasteiger charge is -2.55. The van der Waals surface area contributed by atoms with Crippen molar-refractivity contribution in [2.24, 2.45) is 5.41 Å². The fourth-order valence-electron chi connectivity index (χ4n) is 7.21. The molecule has 0 aliphatic rings. The summed E-state index contributed by atoms with van der Waals surface area (Å²) in [7, 11) is -12.7. The van der Waals surface area contributed by atoms with E-state index in [1.165, 1.54) is 0 Å². The molecule has 2 rings (SSSR count). The van der Waals surface area contributed by atoms with Gasteiger partial charge < -0.3 is 52.7 Å². The monoisotopic (exact) mass is 880 g/mol. The molecule has 0 aromatic heterocycles. The predicted molar refractivity (Wildman–Crippen MR) is 233 cm³/mol. The molecule has 0 amide bonds. The number of benzene rings is 2. The third kappa shape index (κ3) is 12.9. The van der Waals surface area contributed by atoms with Crippen LogP contribution in [0.1, 0.15) is 169 Å². The fourth-order valence-corrected chi connectivity index (χ4v) is 8.92. The van der Waals surface area contributed by atoms with Gasteiger partial charge in [-0.25, -0.2) is 0 Å². The second-order valence-electron chi connectivity index (χ2n) is 21.3. The van der Waals surface area contributed by atoms with Gasteiger partial charge in [-0.3, -0.25) is 4.52 Å². The van der Waals surface area contributed by atoms with Crippen molar-refractivity contribution in [1.82, 2.24) is 0 Å². The van der Waals surface area contributed by atoms with Gasteiger partial charge in [-0.05, 0) is 77.0 Å². The van der Waals surface area contributed by atoms with Gasteiger partial charge in [-0.2, -0.15) is 0 Å². The second-order valence-corrected chi connectivity index (χ2v) is 24.3. The number of hydrogen-bond acceptors (Lipinski definition) is 12. The molecule has 16 heteroatoms. The topological polar surface area (TPSA) is 199 Å². The molecule has 0 bridgehead atoms. The van der Waals surface area contributed by atoms with E-state index in [4.69, 9.17) is 18.1 Å². The van der Waals surface area contributed by atoms with Crippen molar-refractivity contribution >= 4 is 34.4 Å².